The van der Waals surface area contributed by atoms with Crippen LogP contribution in [0, 0.1) is 0 Å². The number of imidazole rings is 1. The average molecular weight is 462 g/mol. The van der Waals surface area contributed by atoms with Gasteiger partial charge in [0.15, 0.2) is 0 Å². The van der Waals surface area contributed by atoms with Gasteiger partial charge in [0.2, 0.25) is 0 Å². The second-order valence-corrected chi connectivity index (χ2v) is 10.7. The fraction of sp³-hybridized carbons (Fsp3) is 0.903. The van der Waals surface area contributed by atoms with Crippen LogP contribution < -0.4 is 4.57 Å². The Kier molecular flexibility index (Phi) is 21.1. The molecule has 2 heteroatoms. The van der Waals surface area contributed by atoms with Crippen molar-refractivity contribution in [1.82, 2.24) is 4.57 Å². The Balaban J connectivity index is 1.94. The molecule has 194 valence electrons. The van der Waals surface area contributed by atoms with Crippen molar-refractivity contribution >= 4 is 0 Å². The van der Waals surface area contributed by atoms with Crippen molar-refractivity contribution < 1.29 is 4.57 Å². The molecule has 0 aliphatic carbocycles. The van der Waals surface area contributed by atoms with Crippen LogP contribution >= 0.6 is 0 Å². The predicted octanol–water partition coefficient (Wildman–Crippen LogP) is 9.87. The van der Waals surface area contributed by atoms with Crippen LogP contribution in [-0.4, -0.2) is 4.57 Å². The van der Waals surface area contributed by atoms with Crippen LogP contribution in [0.25, 0.3) is 0 Å². The molecule has 33 heavy (non-hydrogen) atoms. The van der Waals surface area contributed by atoms with Crippen LogP contribution in [0.4, 0.5) is 0 Å². The lowest BCUT2D eigenvalue weighted by Crippen LogP contribution is -2.37. The topological polar surface area (TPSA) is 8.81 Å². The van der Waals surface area contributed by atoms with E-state index in [9.17, 15) is 0 Å². The van der Waals surface area contributed by atoms with Crippen molar-refractivity contribution in [3.05, 3.63) is 18.2 Å². The number of hydrogen-bond acceptors (Lipinski definition) is 0. The zero-order chi connectivity index (χ0) is 23.8. The number of hydrogen-bond donors (Lipinski definition) is 0. The number of aryl methyl sites for hydroxylation is 2. The summed E-state index contributed by atoms with van der Waals surface area (Å²) in [5, 5.41) is 0. The molecule has 0 aliphatic heterocycles. The minimum absolute atomic E-state index is 1.21. The highest BCUT2D eigenvalue weighted by atomic mass is 15.1. The maximum absolute atomic E-state index is 2.53. The Bertz CT molecular complexity index is 519. The second kappa shape index (κ2) is 23.0. The van der Waals surface area contributed by atoms with Gasteiger partial charge in [0.25, 0.3) is 5.82 Å². The molecule has 0 bridgehead atoms. The molecule has 0 aromatic carbocycles. The molecule has 0 radical (unpaired) electrons. The molecule has 0 saturated carbocycles. The van der Waals surface area contributed by atoms with Crippen LogP contribution in [0.15, 0.2) is 12.4 Å². The predicted molar refractivity (Wildman–Crippen MR) is 147 cm³/mol. The first-order chi connectivity index (χ1) is 16.3. The highest BCUT2D eigenvalue weighted by Crippen LogP contribution is 2.14. The van der Waals surface area contributed by atoms with E-state index < -0.39 is 0 Å². The molecule has 1 heterocycles. The maximum atomic E-state index is 2.53. The van der Waals surface area contributed by atoms with Crippen molar-refractivity contribution in [3.63, 3.8) is 0 Å². The lowest BCUT2D eigenvalue weighted by Gasteiger charge is -2.05. The fourth-order valence-corrected chi connectivity index (χ4v) is 5.15. The van der Waals surface area contributed by atoms with Gasteiger partial charge in [-0.25, -0.2) is 9.13 Å². The van der Waals surface area contributed by atoms with Gasteiger partial charge in [0, 0.05) is 6.42 Å². The SMILES string of the molecule is CCCCCCCCCCCCCCCCC[n+]1ccn(C)c1CCCCCCCCCC. The summed E-state index contributed by atoms with van der Waals surface area (Å²) in [6.45, 7) is 5.82. The number of nitrogens with zero attached hydrogens (tertiary/aromatic N) is 2. The van der Waals surface area contributed by atoms with Crippen molar-refractivity contribution in [1.29, 1.82) is 0 Å². The Hall–Kier alpha value is -0.790. The van der Waals surface area contributed by atoms with E-state index in [1.54, 1.807) is 0 Å². The molecule has 1 aromatic rings. The van der Waals surface area contributed by atoms with Gasteiger partial charge < -0.3 is 0 Å². The third kappa shape index (κ3) is 17.3. The number of rotatable bonds is 25. The normalized spacial score (nSPS) is 11.5. The van der Waals surface area contributed by atoms with E-state index in [0.717, 1.165) is 0 Å². The Labute approximate surface area is 208 Å². The molecule has 0 aliphatic rings. The average Bonchev–Trinajstić information content (AvgIpc) is 3.17. The highest BCUT2D eigenvalue weighted by Gasteiger charge is 2.13. The van der Waals surface area contributed by atoms with Gasteiger partial charge in [-0.2, -0.15) is 0 Å². The Morgan fingerprint density at radius 3 is 1.30 bits per heavy atom. The van der Waals surface area contributed by atoms with Gasteiger partial charge in [-0.05, 0) is 19.3 Å². The van der Waals surface area contributed by atoms with E-state index in [1.165, 1.54) is 166 Å². The van der Waals surface area contributed by atoms with E-state index in [-0.39, 0.29) is 0 Å². The summed E-state index contributed by atoms with van der Waals surface area (Å²) in [4.78, 5) is 0. The van der Waals surface area contributed by atoms with Crippen molar-refractivity contribution in [2.24, 2.45) is 7.05 Å². The summed E-state index contributed by atoms with van der Waals surface area (Å²) in [7, 11) is 2.23. The van der Waals surface area contributed by atoms with E-state index in [1.807, 2.05) is 0 Å². The largest absolute Gasteiger partial charge is 0.256 e. The molecule has 0 atom stereocenters. The Morgan fingerprint density at radius 2 is 0.879 bits per heavy atom. The molecule has 0 N–H and O–H groups in total. The second-order valence-electron chi connectivity index (χ2n) is 10.7. The first-order valence-electron chi connectivity index (χ1n) is 15.3. The molecule has 0 spiro atoms. The summed E-state index contributed by atoms with van der Waals surface area (Å²) in [6, 6.07) is 0. The van der Waals surface area contributed by atoms with E-state index >= 15 is 0 Å². The third-order valence-corrected chi connectivity index (χ3v) is 7.47. The zero-order valence-electron chi connectivity index (χ0n) is 23.2. The summed E-state index contributed by atoms with van der Waals surface area (Å²) in [6.07, 6.45) is 38.7. The van der Waals surface area contributed by atoms with Gasteiger partial charge >= 0.3 is 0 Å². The number of aromatic nitrogens is 2. The molecular formula is C31H61N2+. The van der Waals surface area contributed by atoms with Crippen LogP contribution in [-0.2, 0) is 20.0 Å². The molecular weight excluding hydrogens is 400 g/mol. The van der Waals surface area contributed by atoms with Gasteiger partial charge in [-0.15, -0.1) is 0 Å². The van der Waals surface area contributed by atoms with Crippen molar-refractivity contribution in [2.45, 2.75) is 174 Å². The Morgan fingerprint density at radius 1 is 0.515 bits per heavy atom. The summed E-state index contributed by atoms with van der Waals surface area (Å²) < 4.78 is 4.88. The van der Waals surface area contributed by atoms with Gasteiger partial charge in [-0.1, -0.05) is 142 Å². The fourth-order valence-electron chi connectivity index (χ4n) is 5.15. The van der Waals surface area contributed by atoms with E-state index in [4.69, 9.17) is 0 Å². The zero-order valence-corrected chi connectivity index (χ0v) is 23.2. The highest BCUT2D eigenvalue weighted by molar-refractivity contribution is 4.82. The maximum Gasteiger partial charge on any atom is 0.256 e. The third-order valence-electron chi connectivity index (χ3n) is 7.47. The minimum Gasteiger partial charge on any atom is -0.237 e. The molecule has 0 saturated heterocycles. The van der Waals surface area contributed by atoms with Gasteiger partial charge in [0.05, 0.1) is 13.6 Å². The first kappa shape index (κ1) is 30.2. The standard InChI is InChI=1S/C31H61N2/c1-4-6-8-10-12-14-15-16-17-18-19-20-22-24-26-28-33-30-29-32(3)31(33)27-25-23-21-13-11-9-7-5-2/h29-30H,4-28H2,1-3H3/q+1. The molecule has 2 nitrogen and oxygen atoms in total. The first-order valence-corrected chi connectivity index (χ1v) is 15.3. The smallest absolute Gasteiger partial charge is 0.237 e. The summed E-state index contributed by atoms with van der Waals surface area (Å²) in [5.74, 6) is 1.53. The van der Waals surface area contributed by atoms with Crippen LogP contribution in [0.1, 0.15) is 167 Å². The lowest BCUT2D eigenvalue weighted by molar-refractivity contribution is -0.704. The monoisotopic (exact) mass is 461 g/mol. The number of unbranched alkanes of at least 4 members (excludes halogenated alkanes) is 21. The van der Waals surface area contributed by atoms with Gasteiger partial charge in [0.1, 0.15) is 12.4 Å². The van der Waals surface area contributed by atoms with Gasteiger partial charge in [-0.3, -0.25) is 0 Å². The van der Waals surface area contributed by atoms with Crippen LogP contribution in [0.3, 0.4) is 0 Å². The quantitative estimate of drug-likeness (QED) is 0.101. The summed E-state index contributed by atoms with van der Waals surface area (Å²) in [5.41, 5.74) is 0. The van der Waals surface area contributed by atoms with E-state index in [2.05, 4.69) is 42.4 Å². The molecule has 1 rings (SSSR count). The molecule has 0 unspecified atom stereocenters. The molecule has 1 aromatic heterocycles. The van der Waals surface area contributed by atoms with E-state index in [0.29, 0.717) is 0 Å². The van der Waals surface area contributed by atoms with Crippen molar-refractivity contribution in [2.75, 3.05) is 0 Å². The van der Waals surface area contributed by atoms with Crippen molar-refractivity contribution in [3.8, 4) is 0 Å². The summed E-state index contributed by atoms with van der Waals surface area (Å²) >= 11 is 0. The molecule has 0 amide bonds. The van der Waals surface area contributed by atoms with Crippen LogP contribution in [0.2, 0.25) is 0 Å². The lowest BCUT2D eigenvalue weighted by atomic mass is 10.0. The van der Waals surface area contributed by atoms with Crippen LogP contribution in [0.5, 0.6) is 0 Å². The minimum atomic E-state index is 1.21. The molecule has 0 fully saturated rings.